The molecule has 2 N–H and O–H groups in total. The van der Waals surface area contributed by atoms with Crippen molar-refractivity contribution in [3.63, 3.8) is 0 Å². The van der Waals surface area contributed by atoms with E-state index >= 15 is 0 Å². The van der Waals surface area contributed by atoms with Crippen molar-refractivity contribution in [2.45, 2.75) is 38.8 Å². The highest BCUT2D eigenvalue weighted by molar-refractivity contribution is 5.23. The normalized spacial score (nSPS) is 11.8. The van der Waals surface area contributed by atoms with Gasteiger partial charge in [0.2, 0.25) is 0 Å². The van der Waals surface area contributed by atoms with E-state index in [0.717, 1.165) is 12.2 Å². The highest BCUT2D eigenvalue weighted by atomic mass is 16.3. The van der Waals surface area contributed by atoms with Crippen molar-refractivity contribution in [2.75, 3.05) is 13.2 Å². The Kier molecular flexibility index (Phi) is 5.47. The minimum Gasteiger partial charge on any atom is -0.396 e. The molecule has 21 heavy (non-hydrogen) atoms. The molecule has 0 spiro atoms. The first kappa shape index (κ1) is 15.7. The minimum atomic E-state index is 0.0775. The third kappa shape index (κ3) is 4.65. The van der Waals surface area contributed by atoms with Crippen LogP contribution in [0.1, 0.15) is 31.5 Å². The minimum absolute atomic E-state index is 0.0775. The maximum atomic E-state index is 8.80. The number of hydrogen-bond acceptors (Lipinski definition) is 4. The van der Waals surface area contributed by atoms with Crippen molar-refractivity contribution in [2.24, 2.45) is 0 Å². The molecular formula is C16H24N4O. The fraction of sp³-hybridized carbons (Fsp3) is 0.500. The van der Waals surface area contributed by atoms with Gasteiger partial charge in [0, 0.05) is 37.9 Å². The molecule has 0 bridgehead atoms. The standard InChI is InChI=1S/C16H24N4O/c1-16(2,14-7-4-3-5-8-14)13-17-11-15-12-20(19-18-15)9-6-10-21/h3-5,7-8,12,17,21H,6,9-11,13H2,1-2H3. The average Bonchev–Trinajstić information content (AvgIpc) is 2.94. The number of rotatable bonds is 8. The number of nitrogens with one attached hydrogen (secondary N) is 1. The number of aliphatic hydroxyl groups excluding tert-OH is 1. The lowest BCUT2D eigenvalue weighted by atomic mass is 9.84. The molecule has 0 saturated carbocycles. The van der Waals surface area contributed by atoms with Gasteiger partial charge >= 0.3 is 0 Å². The van der Waals surface area contributed by atoms with Crippen LogP contribution < -0.4 is 5.32 Å². The molecule has 114 valence electrons. The number of nitrogens with zero attached hydrogens (tertiary/aromatic N) is 3. The molecule has 0 aliphatic heterocycles. The topological polar surface area (TPSA) is 63.0 Å². The Morgan fingerprint density at radius 2 is 2.00 bits per heavy atom. The second kappa shape index (κ2) is 7.33. The first-order valence-electron chi connectivity index (χ1n) is 7.38. The molecule has 5 nitrogen and oxygen atoms in total. The molecule has 0 aliphatic rings. The van der Waals surface area contributed by atoms with Crippen molar-refractivity contribution in [3.05, 3.63) is 47.8 Å². The lowest BCUT2D eigenvalue weighted by molar-refractivity contribution is 0.276. The Bertz CT molecular complexity index is 536. The van der Waals surface area contributed by atoms with Gasteiger partial charge in [-0.2, -0.15) is 0 Å². The summed E-state index contributed by atoms with van der Waals surface area (Å²) >= 11 is 0. The number of aliphatic hydroxyl groups is 1. The smallest absolute Gasteiger partial charge is 0.0964 e. The lowest BCUT2D eigenvalue weighted by Gasteiger charge is -2.25. The van der Waals surface area contributed by atoms with E-state index in [1.54, 1.807) is 4.68 Å². The van der Waals surface area contributed by atoms with Crippen LogP contribution in [-0.4, -0.2) is 33.3 Å². The largest absolute Gasteiger partial charge is 0.396 e. The van der Waals surface area contributed by atoms with Crippen LogP contribution in [0.25, 0.3) is 0 Å². The second-order valence-corrected chi connectivity index (χ2v) is 5.90. The fourth-order valence-corrected chi connectivity index (χ4v) is 2.26. The molecule has 0 atom stereocenters. The van der Waals surface area contributed by atoms with E-state index in [2.05, 4.69) is 53.7 Å². The van der Waals surface area contributed by atoms with Crippen LogP contribution in [0.3, 0.4) is 0 Å². The molecule has 0 unspecified atom stereocenters. The summed E-state index contributed by atoms with van der Waals surface area (Å²) in [5, 5.41) is 20.4. The maximum Gasteiger partial charge on any atom is 0.0964 e. The van der Waals surface area contributed by atoms with Crippen molar-refractivity contribution in [1.82, 2.24) is 20.3 Å². The van der Waals surface area contributed by atoms with Gasteiger partial charge in [0.05, 0.1) is 5.69 Å². The SMILES string of the molecule is CC(C)(CNCc1cn(CCCO)nn1)c1ccccc1. The maximum absolute atomic E-state index is 8.80. The molecule has 0 aliphatic carbocycles. The van der Waals surface area contributed by atoms with Crippen LogP contribution in [0.4, 0.5) is 0 Å². The van der Waals surface area contributed by atoms with Gasteiger partial charge in [0.1, 0.15) is 0 Å². The molecule has 1 aromatic carbocycles. The first-order chi connectivity index (χ1) is 10.1. The first-order valence-corrected chi connectivity index (χ1v) is 7.38. The van der Waals surface area contributed by atoms with Gasteiger partial charge in [0.25, 0.3) is 0 Å². The third-order valence-electron chi connectivity index (χ3n) is 3.56. The van der Waals surface area contributed by atoms with Crippen molar-refractivity contribution >= 4 is 0 Å². The Hall–Kier alpha value is -1.72. The molecule has 0 amide bonds. The van der Waals surface area contributed by atoms with Gasteiger partial charge in [-0.25, -0.2) is 0 Å². The molecule has 0 saturated heterocycles. The van der Waals surface area contributed by atoms with E-state index in [4.69, 9.17) is 5.11 Å². The highest BCUT2D eigenvalue weighted by Gasteiger charge is 2.19. The molecule has 0 fully saturated rings. The predicted molar refractivity (Wildman–Crippen MR) is 82.9 cm³/mol. The molecule has 2 rings (SSSR count). The van der Waals surface area contributed by atoms with Crippen molar-refractivity contribution in [1.29, 1.82) is 0 Å². The Morgan fingerprint density at radius 3 is 2.71 bits per heavy atom. The molecular weight excluding hydrogens is 264 g/mol. The molecule has 5 heteroatoms. The van der Waals surface area contributed by atoms with E-state index in [1.807, 2.05) is 12.3 Å². The highest BCUT2D eigenvalue weighted by Crippen LogP contribution is 2.21. The monoisotopic (exact) mass is 288 g/mol. The Labute approximate surface area is 126 Å². The third-order valence-corrected chi connectivity index (χ3v) is 3.56. The van der Waals surface area contributed by atoms with Crippen molar-refractivity contribution < 1.29 is 5.11 Å². The van der Waals surface area contributed by atoms with Gasteiger partial charge in [-0.05, 0) is 12.0 Å². The number of benzene rings is 1. The Morgan fingerprint density at radius 1 is 1.24 bits per heavy atom. The zero-order valence-corrected chi connectivity index (χ0v) is 12.8. The summed E-state index contributed by atoms with van der Waals surface area (Å²) in [5.41, 5.74) is 2.33. The zero-order chi connectivity index (χ0) is 15.1. The average molecular weight is 288 g/mol. The molecule has 1 aromatic heterocycles. The molecule has 2 aromatic rings. The zero-order valence-electron chi connectivity index (χ0n) is 12.8. The quantitative estimate of drug-likeness (QED) is 0.776. The van der Waals surface area contributed by atoms with E-state index in [0.29, 0.717) is 19.5 Å². The van der Waals surface area contributed by atoms with Gasteiger partial charge in [-0.1, -0.05) is 49.4 Å². The Balaban J connectivity index is 1.82. The number of aromatic nitrogens is 3. The number of aryl methyl sites for hydroxylation is 1. The van der Waals surface area contributed by atoms with E-state index in [-0.39, 0.29) is 12.0 Å². The van der Waals surface area contributed by atoms with Gasteiger partial charge in [-0.3, -0.25) is 4.68 Å². The van der Waals surface area contributed by atoms with Crippen molar-refractivity contribution in [3.8, 4) is 0 Å². The van der Waals surface area contributed by atoms with E-state index < -0.39 is 0 Å². The summed E-state index contributed by atoms with van der Waals surface area (Å²) in [6, 6.07) is 10.5. The van der Waals surface area contributed by atoms with Gasteiger partial charge in [0.15, 0.2) is 0 Å². The van der Waals surface area contributed by atoms with E-state index in [9.17, 15) is 0 Å². The summed E-state index contributed by atoms with van der Waals surface area (Å²) in [4.78, 5) is 0. The van der Waals surface area contributed by atoms with Gasteiger partial charge in [-0.15, -0.1) is 5.10 Å². The van der Waals surface area contributed by atoms with Crippen LogP contribution >= 0.6 is 0 Å². The van der Waals surface area contributed by atoms with Gasteiger partial charge < -0.3 is 10.4 Å². The van der Waals surface area contributed by atoms with Crippen LogP contribution in [0.5, 0.6) is 0 Å². The number of hydrogen-bond donors (Lipinski definition) is 2. The second-order valence-electron chi connectivity index (χ2n) is 5.90. The molecule has 0 radical (unpaired) electrons. The summed E-state index contributed by atoms with van der Waals surface area (Å²) in [6.45, 7) is 6.93. The van der Waals surface area contributed by atoms with Crippen LogP contribution in [-0.2, 0) is 18.5 Å². The summed E-state index contributed by atoms with van der Waals surface area (Å²) in [6.07, 6.45) is 2.63. The molecule has 1 heterocycles. The lowest BCUT2D eigenvalue weighted by Crippen LogP contribution is -2.32. The fourth-order valence-electron chi connectivity index (χ4n) is 2.26. The van der Waals surface area contributed by atoms with Crippen LogP contribution in [0.2, 0.25) is 0 Å². The van der Waals surface area contributed by atoms with Crippen LogP contribution in [0.15, 0.2) is 36.5 Å². The summed E-state index contributed by atoms with van der Waals surface area (Å²) < 4.78 is 1.77. The van der Waals surface area contributed by atoms with E-state index in [1.165, 1.54) is 5.56 Å². The predicted octanol–water partition coefficient (Wildman–Crippen LogP) is 1.73. The summed E-state index contributed by atoms with van der Waals surface area (Å²) in [7, 11) is 0. The summed E-state index contributed by atoms with van der Waals surface area (Å²) in [5.74, 6) is 0. The van der Waals surface area contributed by atoms with Crippen LogP contribution in [0, 0.1) is 0 Å².